The van der Waals surface area contributed by atoms with E-state index in [0.29, 0.717) is 24.2 Å². The molecule has 1 aromatic rings. The highest BCUT2D eigenvalue weighted by Crippen LogP contribution is 2.53. The molecule has 3 aliphatic rings. The molecule has 1 spiro atoms. The lowest BCUT2D eigenvalue weighted by Crippen LogP contribution is -2.55. The number of carbonyl (C=O) groups excluding carboxylic acids is 1. The van der Waals surface area contributed by atoms with Crippen molar-refractivity contribution in [3.05, 3.63) is 23.8 Å². The van der Waals surface area contributed by atoms with Gasteiger partial charge in [-0.3, -0.25) is 4.79 Å². The van der Waals surface area contributed by atoms with Gasteiger partial charge >= 0.3 is 6.36 Å². The minimum atomic E-state index is -4.82. The first-order valence-corrected chi connectivity index (χ1v) is 10.2. The van der Waals surface area contributed by atoms with Gasteiger partial charge in [0.25, 0.3) is 6.02 Å². The van der Waals surface area contributed by atoms with Crippen molar-refractivity contribution in [2.45, 2.75) is 64.1 Å². The standard InChI is InChI=1S/C21H26F3N3O4/c1-19(2,3)17(28)26-11-4-6-15-13(8-11)20(10-29-18(25)27-20)14-9-12(31-21(22,23)24)5-7-16(14)30-15/h5,7,9,11,13,15H,4,6,8,10H2,1-3H3,(H2,25,27)(H,26,28). The fraction of sp³-hybridized carbons (Fsp3) is 0.619. The van der Waals surface area contributed by atoms with E-state index < -0.39 is 17.3 Å². The molecule has 0 saturated heterocycles. The lowest BCUT2D eigenvalue weighted by molar-refractivity contribution is -0.274. The Balaban J connectivity index is 1.68. The van der Waals surface area contributed by atoms with Gasteiger partial charge in [-0.05, 0) is 37.5 Å². The Bertz CT molecular complexity index is 912. The lowest BCUT2D eigenvalue weighted by atomic mass is 9.67. The third-order valence-corrected chi connectivity index (χ3v) is 6.10. The molecule has 1 aliphatic carbocycles. The third-order valence-electron chi connectivity index (χ3n) is 6.10. The zero-order valence-electron chi connectivity index (χ0n) is 17.6. The molecule has 31 heavy (non-hydrogen) atoms. The molecule has 1 saturated carbocycles. The summed E-state index contributed by atoms with van der Waals surface area (Å²) in [5, 5.41) is 3.09. The number of ether oxygens (including phenoxy) is 3. The molecule has 4 unspecified atom stereocenters. The molecule has 2 heterocycles. The Morgan fingerprint density at radius 1 is 1.29 bits per heavy atom. The second-order valence-electron chi connectivity index (χ2n) is 9.36. The van der Waals surface area contributed by atoms with Crippen LogP contribution in [0.1, 0.15) is 45.6 Å². The van der Waals surface area contributed by atoms with Crippen LogP contribution in [0.5, 0.6) is 11.5 Å². The summed E-state index contributed by atoms with van der Waals surface area (Å²) in [6.45, 7) is 5.61. The van der Waals surface area contributed by atoms with Crippen LogP contribution in [0.15, 0.2) is 23.2 Å². The van der Waals surface area contributed by atoms with Crippen molar-refractivity contribution in [3.8, 4) is 11.5 Å². The molecular weight excluding hydrogens is 415 g/mol. The summed E-state index contributed by atoms with van der Waals surface area (Å²) in [7, 11) is 0. The summed E-state index contributed by atoms with van der Waals surface area (Å²) in [6, 6.07) is 3.85. The predicted molar refractivity (Wildman–Crippen MR) is 106 cm³/mol. The lowest BCUT2D eigenvalue weighted by Gasteiger charge is -2.48. The number of hydrogen-bond acceptors (Lipinski definition) is 6. The summed E-state index contributed by atoms with van der Waals surface area (Å²) in [4.78, 5) is 17.0. The van der Waals surface area contributed by atoms with Crippen LogP contribution >= 0.6 is 0 Å². The number of halogens is 3. The van der Waals surface area contributed by atoms with Crippen molar-refractivity contribution in [2.24, 2.45) is 22.1 Å². The minimum absolute atomic E-state index is 0.0189. The summed E-state index contributed by atoms with van der Waals surface area (Å²) in [6.07, 6.45) is -3.11. The number of rotatable bonds is 2. The van der Waals surface area contributed by atoms with E-state index in [9.17, 15) is 18.0 Å². The number of benzene rings is 1. The Labute approximate surface area is 178 Å². The average molecular weight is 441 g/mol. The quantitative estimate of drug-likeness (QED) is 0.735. The van der Waals surface area contributed by atoms with E-state index in [2.05, 4.69) is 15.0 Å². The summed E-state index contributed by atoms with van der Waals surface area (Å²) in [5.74, 6) is -0.216. The van der Waals surface area contributed by atoms with Gasteiger partial charge in [-0.2, -0.15) is 0 Å². The molecule has 0 radical (unpaired) electrons. The smallest absolute Gasteiger partial charge is 0.490 e. The second-order valence-corrected chi connectivity index (χ2v) is 9.36. The molecule has 4 atom stereocenters. The Morgan fingerprint density at radius 3 is 2.65 bits per heavy atom. The first-order valence-electron chi connectivity index (χ1n) is 10.2. The largest absolute Gasteiger partial charge is 0.573 e. The van der Waals surface area contributed by atoms with E-state index in [1.54, 1.807) is 0 Å². The van der Waals surface area contributed by atoms with Gasteiger partial charge in [0, 0.05) is 22.9 Å². The molecule has 1 fully saturated rings. The number of carbonyl (C=O) groups is 1. The van der Waals surface area contributed by atoms with Crippen LogP contribution in [0, 0.1) is 11.3 Å². The molecule has 0 aromatic heterocycles. The number of hydrogen-bond donors (Lipinski definition) is 2. The molecule has 3 N–H and O–H groups in total. The molecule has 0 bridgehead atoms. The number of nitrogens with zero attached hydrogens (tertiary/aromatic N) is 1. The van der Waals surface area contributed by atoms with Crippen molar-refractivity contribution >= 4 is 11.9 Å². The Kier molecular flexibility index (Phi) is 5.01. The fourth-order valence-electron chi connectivity index (χ4n) is 4.60. The van der Waals surface area contributed by atoms with Gasteiger partial charge in [0.2, 0.25) is 5.91 Å². The van der Waals surface area contributed by atoms with Crippen molar-refractivity contribution in [2.75, 3.05) is 6.61 Å². The zero-order valence-corrected chi connectivity index (χ0v) is 17.6. The normalized spacial score (nSPS) is 29.9. The van der Waals surface area contributed by atoms with Crippen LogP contribution in [0.25, 0.3) is 0 Å². The first-order chi connectivity index (χ1) is 14.4. The Morgan fingerprint density at radius 2 is 2.03 bits per heavy atom. The van der Waals surface area contributed by atoms with E-state index >= 15 is 0 Å². The second kappa shape index (κ2) is 7.20. The number of alkyl halides is 3. The fourth-order valence-corrected chi connectivity index (χ4v) is 4.60. The predicted octanol–water partition coefficient (Wildman–Crippen LogP) is 3.22. The summed E-state index contributed by atoms with van der Waals surface area (Å²) in [5.41, 5.74) is 4.74. The number of nitrogens with one attached hydrogen (secondary N) is 1. The molecule has 1 amide bonds. The molecule has 7 nitrogen and oxygen atoms in total. The first kappa shape index (κ1) is 21.6. The van der Waals surface area contributed by atoms with Crippen LogP contribution in [0.4, 0.5) is 13.2 Å². The van der Waals surface area contributed by atoms with Gasteiger partial charge in [0.15, 0.2) is 0 Å². The van der Waals surface area contributed by atoms with E-state index in [1.807, 2.05) is 20.8 Å². The van der Waals surface area contributed by atoms with Crippen LogP contribution in [-0.2, 0) is 15.1 Å². The van der Waals surface area contributed by atoms with E-state index in [1.165, 1.54) is 18.2 Å². The van der Waals surface area contributed by atoms with Crippen LogP contribution in [-0.4, -0.2) is 37.0 Å². The van der Waals surface area contributed by atoms with Gasteiger partial charge < -0.3 is 25.3 Å². The maximum absolute atomic E-state index is 12.8. The van der Waals surface area contributed by atoms with Gasteiger partial charge in [0.05, 0.1) is 0 Å². The van der Waals surface area contributed by atoms with E-state index in [-0.39, 0.29) is 42.3 Å². The highest BCUT2D eigenvalue weighted by atomic mass is 19.4. The highest BCUT2D eigenvalue weighted by Gasteiger charge is 2.56. The number of aliphatic imine (C=N–C) groups is 1. The van der Waals surface area contributed by atoms with Gasteiger partial charge in [-0.25, -0.2) is 4.99 Å². The molecule has 10 heteroatoms. The summed E-state index contributed by atoms with van der Waals surface area (Å²) >= 11 is 0. The van der Waals surface area contributed by atoms with Crippen LogP contribution < -0.4 is 20.5 Å². The van der Waals surface area contributed by atoms with Crippen molar-refractivity contribution in [1.82, 2.24) is 5.32 Å². The van der Waals surface area contributed by atoms with Gasteiger partial charge in [0.1, 0.15) is 29.7 Å². The monoisotopic (exact) mass is 441 g/mol. The van der Waals surface area contributed by atoms with Crippen molar-refractivity contribution < 1.29 is 32.2 Å². The third kappa shape index (κ3) is 4.12. The molecule has 2 aliphatic heterocycles. The zero-order chi connectivity index (χ0) is 22.6. The number of fused-ring (bicyclic) bond motifs is 4. The summed E-state index contributed by atoms with van der Waals surface area (Å²) < 4.78 is 54.1. The van der Waals surface area contributed by atoms with Gasteiger partial charge in [-0.1, -0.05) is 20.8 Å². The molecule has 170 valence electrons. The maximum Gasteiger partial charge on any atom is 0.573 e. The average Bonchev–Trinajstić information content (AvgIpc) is 3.03. The SMILES string of the molecule is CC(C)(C)C(=O)NC1CCC2Oc3ccc(OC(F)(F)F)cc3C3(COC(N)=N3)C2C1. The highest BCUT2D eigenvalue weighted by molar-refractivity contribution is 5.81. The van der Waals surface area contributed by atoms with E-state index in [0.717, 1.165) is 6.42 Å². The number of amidine groups is 1. The molecular formula is C21H26F3N3O4. The molecule has 1 aromatic carbocycles. The maximum atomic E-state index is 12.8. The number of nitrogens with two attached hydrogens (primary N) is 1. The van der Waals surface area contributed by atoms with E-state index in [4.69, 9.17) is 15.2 Å². The topological polar surface area (TPSA) is 95.2 Å². The van der Waals surface area contributed by atoms with Gasteiger partial charge in [-0.15, -0.1) is 13.2 Å². The van der Waals surface area contributed by atoms with Crippen LogP contribution in [0.2, 0.25) is 0 Å². The minimum Gasteiger partial charge on any atom is -0.490 e. The molecule has 4 rings (SSSR count). The van der Waals surface area contributed by atoms with Crippen LogP contribution in [0.3, 0.4) is 0 Å². The number of amides is 1. The Hall–Kier alpha value is -2.65. The van der Waals surface area contributed by atoms with Crippen molar-refractivity contribution in [3.63, 3.8) is 0 Å². The van der Waals surface area contributed by atoms with Crippen molar-refractivity contribution in [1.29, 1.82) is 0 Å².